The lowest BCUT2D eigenvalue weighted by Crippen LogP contribution is -2.16. The Morgan fingerprint density at radius 2 is 2.12 bits per heavy atom. The Morgan fingerprint density at radius 1 is 1.41 bits per heavy atom. The average Bonchev–Trinajstić information content (AvgIpc) is 2.76. The van der Waals surface area contributed by atoms with Gasteiger partial charge in [-0.3, -0.25) is 0 Å². The molecule has 1 aliphatic rings. The zero-order valence-corrected chi connectivity index (χ0v) is 11.1. The van der Waals surface area contributed by atoms with Crippen molar-refractivity contribution < 1.29 is 9.47 Å². The van der Waals surface area contributed by atoms with Crippen LogP contribution in [0.4, 0.5) is 0 Å². The third-order valence-electron chi connectivity index (χ3n) is 3.32. The molecular formula is C14H19ClO2. The van der Waals surface area contributed by atoms with E-state index in [-0.39, 0.29) is 11.5 Å². The van der Waals surface area contributed by atoms with Gasteiger partial charge in [0.25, 0.3) is 0 Å². The Kier molecular flexibility index (Phi) is 4.30. The van der Waals surface area contributed by atoms with Crippen molar-refractivity contribution in [2.24, 2.45) is 5.92 Å². The highest BCUT2D eigenvalue weighted by atomic mass is 35.5. The Labute approximate surface area is 108 Å². The summed E-state index contributed by atoms with van der Waals surface area (Å²) in [4.78, 5) is 0. The molecular weight excluding hydrogens is 236 g/mol. The van der Waals surface area contributed by atoms with E-state index < -0.39 is 0 Å². The lowest BCUT2D eigenvalue weighted by Gasteiger charge is -2.20. The molecule has 0 N–H and O–H groups in total. The fourth-order valence-corrected chi connectivity index (χ4v) is 2.77. The van der Waals surface area contributed by atoms with Crippen molar-refractivity contribution in [2.45, 2.75) is 31.7 Å². The Morgan fingerprint density at radius 3 is 2.65 bits per heavy atom. The largest absolute Gasteiger partial charge is 0.494 e. The summed E-state index contributed by atoms with van der Waals surface area (Å²) >= 11 is 6.52. The first-order valence-corrected chi connectivity index (χ1v) is 6.64. The second-order valence-corrected chi connectivity index (χ2v) is 4.90. The summed E-state index contributed by atoms with van der Waals surface area (Å²) in [6.07, 6.45) is 1.30. The van der Waals surface area contributed by atoms with Gasteiger partial charge in [-0.1, -0.05) is 12.1 Å². The van der Waals surface area contributed by atoms with Crippen LogP contribution in [0.5, 0.6) is 5.75 Å². The number of benzene rings is 1. The molecule has 1 aromatic rings. The van der Waals surface area contributed by atoms with Gasteiger partial charge in [0.1, 0.15) is 5.75 Å². The molecule has 3 atom stereocenters. The summed E-state index contributed by atoms with van der Waals surface area (Å²) in [5, 5.41) is 0.0307. The van der Waals surface area contributed by atoms with Crippen LogP contribution in [0, 0.1) is 5.92 Å². The standard InChI is InChI=1S/C14H19ClO2/c1-3-16-12-6-4-11(5-7-12)14(15)13-8-9-17-10(13)2/h4-7,10,13-14H,3,8-9H2,1-2H3. The lowest BCUT2D eigenvalue weighted by atomic mass is 9.93. The van der Waals surface area contributed by atoms with E-state index in [1.807, 2.05) is 31.2 Å². The highest BCUT2D eigenvalue weighted by molar-refractivity contribution is 6.21. The molecule has 1 heterocycles. The Hall–Kier alpha value is -0.730. The fraction of sp³-hybridized carbons (Fsp3) is 0.571. The highest BCUT2D eigenvalue weighted by Gasteiger charge is 2.31. The van der Waals surface area contributed by atoms with E-state index in [4.69, 9.17) is 21.1 Å². The molecule has 2 nitrogen and oxygen atoms in total. The first-order chi connectivity index (χ1) is 8.22. The minimum absolute atomic E-state index is 0.0307. The molecule has 0 saturated carbocycles. The molecule has 0 radical (unpaired) electrons. The third-order valence-corrected chi connectivity index (χ3v) is 3.90. The zero-order valence-electron chi connectivity index (χ0n) is 10.4. The van der Waals surface area contributed by atoms with Gasteiger partial charge in [-0.15, -0.1) is 11.6 Å². The minimum atomic E-state index is 0.0307. The molecule has 0 aliphatic carbocycles. The smallest absolute Gasteiger partial charge is 0.119 e. The molecule has 3 heteroatoms. The molecule has 0 spiro atoms. The molecule has 3 unspecified atom stereocenters. The maximum absolute atomic E-state index is 6.52. The van der Waals surface area contributed by atoms with Gasteiger partial charge >= 0.3 is 0 Å². The van der Waals surface area contributed by atoms with Crippen LogP contribution in [0.1, 0.15) is 31.2 Å². The van der Waals surface area contributed by atoms with Gasteiger partial charge in [0.2, 0.25) is 0 Å². The van der Waals surface area contributed by atoms with Gasteiger partial charge in [-0.25, -0.2) is 0 Å². The van der Waals surface area contributed by atoms with E-state index in [0.717, 1.165) is 24.3 Å². The Balaban J connectivity index is 2.05. The maximum Gasteiger partial charge on any atom is 0.119 e. The monoisotopic (exact) mass is 254 g/mol. The molecule has 2 rings (SSSR count). The van der Waals surface area contributed by atoms with Crippen LogP contribution >= 0.6 is 11.6 Å². The van der Waals surface area contributed by atoms with Gasteiger partial charge in [0.05, 0.1) is 18.1 Å². The quantitative estimate of drug-likeness (QED) is 0.761. The molecule has 0 amide bonds. The summed E-state index contributed by atoms with van der Waals surface area (Å²) in [6.45, 7) is 5.60. The van der Waals surface area contributed by atoms with Crippen LogP contribution in [-0.2, 0) is 4.74 Å². The van der Waals surface area contributed by atoms with Crippen molar-refractivity contribution in [3.05, 3.63) is 29.8 Å². The van der Waals surface area contributed by atoms with Crippen molar-refractivity contribution in [1.29, 1.82) is 0 Å². The summed E-state index contributed by atoms with van der Waals surface area (Å²) in [5.41, 5.74) is 1.15. The predicted octanol–water partition coefficient (Wildman–Crippen LogP) is 3.79. The average molecular weight is 255 g/mol. The van der Waals surface area contributed by atoms with Gasteiger partial charge in [0, 0.05) is 12.5 Å². The van der Waals surface area contributed by atoms with Crippen LogP contribution in [-0.4, -0.2) is 19.3 Å². The van der Waals surface area contributed by atoms with E-state index in [2.05, 4.69) is 6.92 Å². The number of alkyl halides is 1. The van der Waals surface area contributed by atoms with Crippen LogP contribution in [0.15, 0.2) is 24.3 Å². The van der Waals surface area contributed by atoms with Crippen LogP contribution in [0.3, 0.4) is 0 Å². The number of hydrogen-bond donors (Lipinski definition) is 0. The number of halogens is 1. The summed E-state index contributed by atoms with van der Waals surface area (Å²) in [5.74, 6) is 1.31. The second kappa shape index (κ2) is 5.74. The van der Waals surface area contributed by atoms with Crippen molar-refractivity contribution in [3.8, 4) is 5.75 Å². The van der Waals surface area contributed by atoms with Gasteiger partial charge in [-0.2, -0.15) is 0 Å². The third kappa shape index (κ3) is 2.93. The normalized spacial score (nSPS) is 25.8. The van der Waals surface area contributed by atoms with Crippen molar-refractivity contribution >= 4 is 11.6 Å². The number of ether oxygens (including phenoxy) is 2. The number of hydrogen-bond acceptors (Lipinski definition) is 2. The topological polar surface area (TPSA) is 18.5 Å². The second-order valence-electron chi connectivity index (χ2n) is 4.43. The minimum Gasteiger partial charge on any atom is -0.494 e. The molecule has 1 fully saturated rings. The zero-order chi connectivity index (χ0) is 12.3. The van der Waals surface area contributed by atoms with E-state index in [1.165, 1.54) is 0 Å². The van der Waals surface area contributed by atoms with Crippen molar-refractivity contribution in [2.75, 3.05) is 13.2 Å². The van der Waals surface area contributed by atoms with Crippen LogP contribution < -0.4 is 4.74 Å². The lowest BCUT2D eigenvalue weighted by molar-refractivity contribution is 0.105. The van der Waals surface area contributed by atoms with Gasteiger partial charge < -0.3 is 9.47 Å². The molecule has 94 valence electrons. The molecule has 1 aromatic carbocycles. The van der Waals surface area contributed by atoms with Crippen LogP contribution in [0.2, 0.25) is 0 Å². The summed E-state index contributed by atoms with van der Waals surface area (Å²) in [7, 11) is 0. The predicted molar refractivity (Wildman–Crippen MR) is 69.7 cm³/mol. The fourth-order valence-electron chi connectivity index (χ4n) is 2.29. The number of rotatable bonds is 4. The Bertz CT molecular complexity index is 350. The van der Waals surface area contributed by atoms with E-state index in [0.29, 0.717) is 12.5 Å². The maximum atomic E-state index is 6.52. The van der Waals surface area contributed by atoms with E-state index in [9.17, 15) is 0 Å². The van der Waals surface area contributed by atoms with Crippen molar-refractivity contribution in [3.63, 3.8) is 0 Å². The summed E-state index contributed by atoms with van der Waals surface area (Å²) < 4.78 is 11.0. The molecule has 1 aliphatic heterocycles. The molecule has 17 heavy (non-hydrogen) atoms. The molecule has 1 saturated heterocycles. The van der Waals surface area contributed by atoms with E-state index >= 15 is 0 Å². The van der Waals surface area contributed by atoms with E-state index in [1.54, 1.807) is 0 Å². The van der Waals surface area contributed by atoms with Crippen LogP contribution in [0.25, 0.3) is 0 Å². The molecule has 0 bridgehead atoms. The summed E-state index contributed by atoms with van der Waals surface area (Å²) in [6, 6.07) is 8.06. The van der Waals surface area contributed by atoms with Crippen molar-refractivity contribution in [1.82, 2.24) is 0 Å². The SMILES string of the molecule is CCOc1ccc(C(Cl)C2CCOC2C)cc1. The van der Waals surface area contributed by atoms with Gasteiger partial charge in [0.15, 0.2) is 0 Å². The first kappa shape index (κ1) is 12.7. The highest BCUT2D eigenvalue weighted by Crippen LogP contribution is 2.38. The van der Waals surface area contributed by atoms with Gasteiger partial charge in [-0.05, 0) is 38.0 Å². The molecule has 0 aromatic heterocycles. The first-order valence-electron chi connectivity index (χ1n) is 6.20.